The van der Waals surface area contributed by atoms with E-state index in [1.807, 2.05) is 37.0 Å². The van der Waals surface area contributed by atoms with Gasteiger partial charge >= 0.3 is 0 Å². The van der Waals surface area contributed by atoms with Crippen LogP contribution in [0.5, 0.6) is 0 Å². The highest BCUT2D eigenvalue weighted by Gasteiger charge is 2.16. The van der Waals surface area contributed by atoms with Crippen LogP contribution >= 0.6 is 0 Å². The third-order valence-corrected chi connectivity index (χ3v) is 3.59. The number of rotatable bonds is 6. The third kappa shape index (κ3) is 3.45. The highest BCUT2D eigenvalue weighted by atomic mass is 19.1. The summed E-state index contributed by atoms with van der Waals surface area (Å²) >= 11 is 0. The van der Waals surface area contributed by atoms with Crippen molar-refractivity contribution in [3.05, 3.63) is 53.1 Å². The zero-order valence-electron chi connectivity index (χ0n) is 12.4. The standard InChI is InChI=1S/C16H22FN3/c1-4-8-18-15(16-7-9-19-20(16)3)11-13-5-6-14(17)10-12(13)2/h5-7,9-10,15,18H,4,8,11H2,1-3H3. The van der Waals surface area contributed by atoms with Gasteiger partial charge in [0.25, 0.3) is 0 Å². The van der Waals surface area contributed by atoms with Crippen molar-refractivity contribution in [3.63, 3.8) is 0 Å². The molecule has 0 aliphatic heterocycles. The molecule has 1 aromatic carbocycles. The van der Waals surface area contributed by atoms with Gasteiger partial charge in [0.05, 0.1) is 11.7 Å². The molecule has 0 amide bonds. The van der Waals surface area contributed by atoms with E-state index in [0.717, 1.165) is 30.6 Å². The van der Waals surface area contributed by atoms with Crippen LogP contribution in [0, 0.1) is 12.7 Å². The molecule has 0 saturated carbocycles. The van der Waals surface area contributed by atoms with Crippen LogP contribution in [-0.2, 0) is 13.5 Å². The first-order chi connectivity index (χ1) is 9.61. The van der Waals surface area contributed by atoms with Gasteiger partial charge in [0.2, 0.25) is 0 Å². The lowest BCUT2D eigenvalue weighted by Gasteiger charge is -2.20. The highest BCUT2D eigenvalue weighted by Crippen LogP contribution is 2.20. The van der Waals surface area contributed by atoms with Gasteiger partial charge in [-0.2, -0.15) is 5.10 Å². The zero-order chi connectivity index (χ0) is 14.5. The van der Waals surface area contributed by atoms with E-state index in [1.54, 1.807) is 6.07 Å². The first-order valence-electron chi connectivity index (χ1n) is 7.08. The molecule has 3 nitrogen and oxygen atoms in total. The minimum atomic E-state index is -0.176. The summed E-state index contributed by atoms with van der Waals surface area (Å²) in [5.74, 6) is -0.176. The molecule has 0 radical (unpaired) electrons. The van der Waals surface area contributed by atoms with Crippen molar-refractivity contribution < 1.29 is 4.39 Å². The topological polar surface area (TPSA) is 29.9 Å². The average molecular weight is 275 g/mol. The summed E-state index contributed by atoms with van der Waals surface area (Å²) in [6, 6.07) is 7.23. The molecule has 0 aliphatic carbocycles. The summed E-state index contributed by atoms with van der Waals surface area (Å²) < 4.78 is 15.1. The van der Waals surface area contributed by atoms with Crippen molar-refractivity contribution in [1.82, 2.24) is 15.1 Å². The van der Waals surface area contributed by atoms with Gasteiger partial charge in [0.1, 0.15) is 5.82 Å². The normalized spacial score (nSPS) is 12.6. The Morgan fingerprint density at radius 1 is 1.35 bits per heavy atom. The second-order valence-electron chi connectivity index (χ2n) is 5.16. The van der Waals surface area contributed by atoms with Crippen LogP contribution in [0.25, 0.3) is 0 Å². The molecule has 2 aromatic rings. The lowest BCUT2D eigenvalue weighted by molar-refractivity contribution is 0.492. The van der Waals surface area contributed by atoms with Crippen molar-refractivity contribution in [1.29, 1.82) is 0 Å². The molecular formula is C16H22FN3. The molecule has 1 unspecified atom stereocenters. The average Bonchev–Trinajstić information content (AvgIpc) is 2.83. The number of aromatic nitrogens is 2. The van der Waals surface area contributed by atoms with Gasteiger partial charge < -0.3 is 5.32 Å². The van der Waals surface area contributed by atoms with Gasteiger partial charge in [-0.05, 0) is 55.6 Å². The fourth-order valence-corrected chi connectivity index (χ4v) is 2.43. The molecule has 2 rings (SSSR count). The minimum absolute atomic E-state index is 0.176. The van der Waals surface area contributed by atoms with Crippen LogP contribution < -0.4 is 5.32 Å². The Kier molecular flexibility index (Phi) is 4.90. The summed E-state index contributed by atoms with van der Waals surface area (Å²) in [5, 5.41) is 7.79. The first-order valence-corrected chi connectivity index (χ1v) is 7.08. The Hall–Kier alpha value is -1.68. The van der Waals surface area contributed by atoms with Gasteiger partial charge in [0, 0.05) is 13.2 Å². The smallest absolute Gasteiger partial charge is 0.123 e. The maximum Gasteiger partial charge on any atom is 0.123 e. The molecule has 1 atom stereocenters. The molecule has 0 bridgehead atoms. The molecule has 0 aliphatic rings. The van der Waals surface area contributed by atoms with E-state index in [1.165, 1.54) is 11.6 Å². The molecule has 0 saturated heterocycles. The predicted octanol–water partition coefficient (Wildman–Crippen LogP) is 3.15. The lowest BCUT2D eigenvalue weighted by Crippen LogP contribution is -2.26. The molecular weight excluding hydrogens is 253 g/mol. The fourth-order valence-electron chi connectivity index (χ4n) is 2.43. The highest BCUT2D eigenvalue weighted by molar-refractivity contribution is 5.28. The van der Waals surface area contributed by atoms with E-state index in [0.29, 0.717) is 0 Å². The van der Waals surface area contributed by atoms with Crippen molar-refractivity contribution in [2.24, 2.45) is 7.05 Å². The largest absolute Gasteiger partial charge is 0.308 e. The number of hydrogen-bond acceptors (Lipinski definition) is 2. The third-order valence-electron chi connectivity index (χ3n) is 3.59. The zero-order valence-corrected chi connectivity index (χ0v) is 12.4. The number of hydrogen-bond donors (Lipinski definition) is 1. The molecule has 1 aromatic heterocycles. The second kappa shape index (κ2) is 6.66. The van der Waals surface area contributed by atoms with E-state index < -0.39 is 0 Å². The van der Waals surface area contributed by atoms with E-state index in [2.05, 4.69) is 17.3 Å². The Morgan fingerprint density at radius 3 is 2.75 bits per heavy atom. The van der Waals surface area contributed by atoms with Crippen LogP contribution in [0.2, 0.25) is 0 Å². The monoisotopic (exact) mass is 275 g/mol. The van der Waals surface area contributed by atoms with E-state index in [4.69, 9.17) is 0 Å². The molecule has 4 heteroatoms. The molecule has 108 valence electrons. The van der Waals surface area contributed by atoms with E-state index in [9.17, 15) is 4.39 Å². The molecule has 20 heavy (non-hydrogen) atoms. The van der Waals surface area contributed by atoms with Crippen molar-refractivity contribution in [2.75, 3.05) is 6.54 Å². The maximum absolute atomic E-state index is 13.2. The Labute approximate surface area is 119 Å². The fraction of sp³-hybridized carbons (Fsp3) is 0.438. The van der Waals surface area contributed by atoms with E-state index >= 15 is 0 Å². The number of aryl methyl sites for hydroxylation is 2. The first kappa shape index (κ1) is 14.7. The number of benzene rings is 1. The van der Waals surface area contributed by atoms with E-state index in [-0.39, 0.29) is 11.9 Å². The second-order valence-corrected chi connectivity index (χ2v) is 5.16. The predicted molar refractivity (Wildman–Crippen MR) is 79.1 cm³/mol. The summed E-state index contributed by atoms with van der Waals surface area (Å²) in [7, 11) is 1.95. The van der Waals surface area contributed by atoms with Gasteiger partial charge in [-0.25, -0.2) is 4.39 Å². The quantitative estimate of drug-likeness (QED) is 0.877. The Morgan fingerprint density at radius 2 is 2.15 bits per heavy atom. The van der Waals surface area contributed by atoms with Gasteiger partial charge in [-0.1, -0.05) is 13.0 Å². The maximum atomic E-state index is 13.2. The molecule has 1 N–H and O–H groups in total. The lowest BCUT2D eigenvalue weighted by atomic mass is 9.99. The Bertz CT molecular complexity index is 563. The van der Waals surface area contributed by atoms with Crippen LogP contribution in [0.15, 0.2) is 30.5 Å². The number of nitrogens with zero attached hydrogens (tertiary/aromatic N) is 2. The molecule has 0 spiro atoms. The van der Waals surface area contributed by atoms with Crippen molar-refractivity contribution in [2.45, 2.75) is 32.7 Å². The van der Waals surface area contributed by atoms with Gasteiger partial charge in [-0.3, -0.25) is 4.68 Å². The minimum Gasteiger partial charge on any atom is -0.308 e. The summed E-state index contributed by atoms with van der Waals surface area (Å²) in [4.78, 5) is 0. The molecule has 0 fully saturated rings. The SMILES string of the molecule is CCCNC(Cc1ccc(F)cc1C)c1ccnn1C. The van der Waals surface area contributed by atoms with Gasteiger partial charge in [-0.15, -0.1) is 0 Å². The summed E-state index contributed by atoms with van der Waals surface area (Å²) in [6.45, 7) is 5.06. The van der Waals surface area contributed by atoms with Crippen LogP contribution in [0.1, 0.15) is 36.2 Å². The van der Waals surface area contributed by atoms with Crippen molar-refractivity contribution in [3.8, 4) is 0 Å². The van der Waals surface area contributed by atoms with Crippen LogP contribution in [0.3, 0.4) is 0 Å². The molecule has 1 heterocycles. The summed E-state index contributed by atoms with van der Waals surface area (Å²) in [5.41, 5.74) is 3.32. The van der Waals surface area contributed by atoms with Gasteiger partial charge in [0.15, 0.2) is 0 Å². The number of nitrogens with one attached hydrogen (secondary N) is 1. The number of halogens is 1. The van der Waals surface area contributed by atoms with Crippen molar-refractivity contribution >= 4 is 0 Å². The Balaban J connectivity index is 2.21. The van der Waals surface area contributed by atoms with Crippen LogP contribution in [-0.4, -0.2) is 16.3 Å². The summed E-state index contributed by atoms with van der Waals surface area (Å²) in [6.07, 6.45) is 3.73. The van der Waals surface area contributed by atoms with Crippen LogP contribution in [0.4, 0.5) is 4.39 Å².